The maximum Gasteiger partial charge on any atom is 0.400 e. The molecule has 0 aromatic rings. The van der Waals surface area contributed by atoms with Crippen molar-refractivity contribution in [2.45, 2.75) is 0 Å². The van der Waals surface area contributed by atoms with Crippen LogP contribution in [0.5, 0.6) is 0 Å². The first kappa shape index (κ1) is 9.01. The second-order valence-electron chi connectivity index (χ2n) is 1.27. The third kappa shape index (κ3) is 2.89. The highest BCUT2D eigenvalue weighted by Crippen LogP contribution is 1.86. The summed E-state index contributed by atoms with van der Waals surface area (Å²) < 4.78 is 0. The molecule has 0 aliphatic rings. The molecule has 8 heteroatoms. The Labute approximate surface area is 60.4 Å². The monoisotopic (exact) mass is 160 g/mol. The van der Waals surface area contributed by atoms with Crippen molar-refractivity contribution in [3.8, 4) is 0 Å². The normalized spacial score (nSPS) is 9.45. The molecular formula is C3H4N4O4. The number of hydrazone groups is 1. The lowest BCUT2D eigenvalue weighted by Gasteiger charge is -2.00. The molecule has 0 saturated heterocycles. The van der Waals surface area contributed by atoms with Crippen molar-refractivity contribution in [1.29, 1.82) is 0 Å². The predicted molar refractivity (Wildman–Crippen MR) is 33.0 cm³/mol. The molecule has 0 fully saturated rings. The quantitative estimate of drug-likeness (QED) is 0.240. The fourth-order valence-corrected chi connectivity index (χ4v) is 0.270. The van der Waals surface area contributed by atoms with Crippen molar-refractivity contribution < 1.29 is 14.6 Å². The van der Waals surface area contributed by atoms with Crippen LogP contribution in [0.15, 0.2) is 5.10 Å². The number of hydrazine groups is 1. The van der Waals surface area contributed by atoms with E-state index in [0.29, 0.717) is 6.21 Å². The first-order chi connectivity index (χ1) is 5.09. The molecule has 0 atom stereocenters. The van der Waals surface area contributed by atoms with Gasteiger partial charge in [-0.1, -0.05) is 0 Å². The Morgan fingerprint density at radius 2 is 2.27 bits per heavy atom. The number of carbonyl (C=O) groups is 2. The van der Waals surface area contributed by atoms with Gasteiger partial charge in [-0.3, -0.25) is 4.79 Å². The van der Waals surface area contributed by atoms with Crippen molar-refractivity contribution in [2.24, 2.45) is 10.8 Å². The van der Waals surface area contributed by atoms with Gasteiger partial charge in [0.25, 0.3) is 0 Å². The summed E-state index contributed by atoms with van der Waals surface area (Å²) in [5.74, 6) is 0. The highest BCUT2D eigenvalue weighted by molar-refractivity contribution is 6.12. The van der Waals surface area contributed by atoms with E-state index >= 15 is 0 Å². The minimum absolute atomic E-state index is 0.180. The first-order valence-electron chi connectivity index (χ1n) is 2.31. The van der Waals surface area contributed by atoms with Gasteiger partial charge >= 0.3 is 6.03 Å². The molecule has 0 spiro atoms. The standard InChI is InChI=1S/C3H4N4O4/c4-3(9)6(7(10)11)5-1-2-8/h1-2H,(H2,4,9). The zero-order valence-electron chi connectivity index (χ0n) is 5.21. The molecule has 11 heavy (non-hydrogen) atoms. The topological polar surface area (TPSA) is 119 Å². The Balaban J connectivity index is 4.35. The van der Waals surface area contributed by atoms with E-state index in [1.54, 1.807) is 0 Å². The summed E-state index contributed by atoms with van der Waals surface area (Å²) in [7, 11) is 0. The molecule has 8 nitrogen and oxygen atoms in total. The van der Waals surface area contributed by atoms with Gasteiger partial charge < -0.3 is 15.8 Å². The molecular weight excluding hydrogens is 156 g/mol. The van der Waals surface area contributed by atoms with Crippen LogP contribution in [0.3, 0.4) is 0 Å². The number of hydrogen-bond donors (Lipinski definition) is 1. The number of amides is 2. The number of primary amides is 1. The molecule has 0 unspecified atom stereocenters. The molecule has 0 heterocycles. The molecule has 2 N–H and O–H groups in total. The van der Waals surface area contributed by atoms with Crippen LogP contribution in [-0.4, -0.2) is 28.7 Å². The van der Waals surface area contributed by atoms with Crippen molar-refractivity contribution in [3.05, 3.63) is 10.1 Å². The van der Waals surface area contributed by atoms with Crippen LogP contribution in [0.1, 0.15) is 0 Å². The molecule has 0 aliphatic carbocycles. The predicted octanol–water partition coefficient (Wildman–Crippen LogP) is -1.26. The first-order valence-corrected chi connectivity index (χ1v) is 2.31. The van der Waals surface area contributed by atoms with Gasteiger partial charge in [0.15, 0.2) is 6.29 Å². The number of rotatable bonds is 3. The van der Waals surface area contributed by atoms with Gasteiger partial charge in [-0.2, -0.15) is 0 Å². The summed E-state index contributed by atoms with van der Waals surface area (Å²) in [5.41, 5.74) is 4.49. The van der Waals surface area contributed by atoms with Crippen LogP contribution in [0.25, 0.3) is 0 Å². The molecule has 0 rings (SSSR count). The Bertz CT molecular complexity index is 197. The minimum Gasteiger partial charge on any atom is -0.345 e. The van der Waals surface area contributed by atoms with Crippen LogP contribution in [0.4, 0.5) is 4.79 Å². The zero-order valence-corrected chi connectivity index (χ0v) is 5.21. The number of carbonyl (C=O) groups excluding carboxylic acids is 2. The molecule has 0 aromatic heterocycles. The smallest absolute Gasteiger partial charge is 0.345 e. The van der Waals surface area contributed by atoms with Gasteiger partial charge in [-0.15, -0.1) is 0 Å². The van der Waals surface area contributed by atoms with Crippen LogP contribution >= 0.6 is 0 Å². The summed E-state index contributed by atoms with van der Waals surface area (Å²) in [6, 6.07) is -1.37. The highest BCUT2D eigenvalue weighted by Gasteiger charge is 2.18. The summed E-state index contributed by atoms with van der Waals surface area (Å²) >= 11 is 0. The van der Waals surface area contributed by atoms with E-state index < -0.39 is 11.1 Å². The van der Waals surface area contributed by atoms with Crippen LogP contribution in [-0.2, 0) is 4.79 Å². The van der Waals surface area contributed by atoms with E-state index in [-0.39, 0.29) is 11.4 Å². The second kappa shape index (κ2) is 3.93. The lowest BCUT2D eigenvalue weighted by molar-refractivity contribution is -0.633. The molecule has 0 aliphatic heterocycles. The second-order valence-corrected chi connectivity index (χ2v) is 1.27. The van der Waals surface area contributed by atoms with E-state index in [9.17, 15) is 19.7 Å². The molecule has 2 amide bonds. The van der Waals surface area contributed by atoms with Crippen molar-refractivity contribution in [1.82, 2.24) is 5.12 Å². The third-order valence-corrected chi connectivity index (χ3v) is 0.589. The fourth-order valence-electron chi connectivity index (χ4n) is 0.270. The number of urea groups is 1. The Morgan fingerprint density at radius 1 is 1.73 bits per heavy atom. The Morgan fingerprint density at radius 3 is 2.55 bits per heavy atom. The lowest BCUT2D eigenvalue weighted by atomic mass is 10.9. The van der Waals surface area contributed by atoms with Crippen molar-refractivity contribution in [3.63, 3.8) is 0 Å². The Kier molecular flexibility index (Phi) is 3.22. The van der Waals surface area contributed by atoms with Crippen LogP contribution in [0, 0.1) is 10.1 Å². The maximum absolute atomic E-state index is 10.1. The van der Waals surface area contributed by atoms with Gasteiger partial charge in [-0.25, -0.2) is 4.79 Å². The summed E-state index contributed by atoms with van der Waals surface area (Å²) in [6.45, 7) is 0. The van der Waals surface area contributed by atoms with Crippen molar-refractivity contribution >= 4 is 18.5 Å². The van der Waals surface area contributed by atoms with E-state index in [1.165, 1.54) is 0 Å². The number of hydrogen-bond acceptors (Lipinski definition) is 5. The largest absolute Gasteiger partial charge is 0.400 e. The summed E-state index contributed by atoms with van der Waals surface area (Å²) in [5, 5.41) is 11.2. The van der Waals surface area contributed by atoms with Gasteiger partial charge in [0.2, 0.25) is 6.21 Å². The van der Waals surface area contributed by atoms with Gasteiger partial charge in [0.05, 0.1) is 15.3 Å². The minimum atomic E-state index is -1.37. The molecule has 0 saturated carbocycles. The van der Waals surface area contributed by atoms with E-state index in [1.807, 2.05) is 0 Å². The number of aldehydes is 1. The van der Waals surface area contributed by atoms with Gasteiger partial charge in [0.1, 0.15) is 0 Å². The van der Waals surface area contributed by atoms with Crippen LogP contribution < -0.4 is 5.73 Å². The fraction of sp³-hybridized carbons (Fsp3) is 0. The lowest BCUT2D eigenvalue weighted by Crippen LogP contribution is -2.36. The van der Waals surface area contributed by atoms with Crippen LogP contribution in [0.2, 0.25) is 0 Å². The molecule has 0 radical (unpaired) electrons. The highest BCUT2D eigenvalue weighted by atomic mass is 16.7. The van der Waals surface area contributed by atoms with Crippen molar-refractivity contribution in [2.75, 3.05) is 0 Å². The SMILES string of the molecule is NC(=O)N(N=CC=O)[N+](=O)[O-]. The van der Waals surface area contributed by atoms with E-state index in [4.69, 9.17) is 0 Å². The van der Waals surface area contributed by atoms with Gasteiger partial charge in [-0.05, 0) is 0 Å². The molecule has 0 aromatic carbocycles. The van der Waals surface area contributed by atoms with E-state index in [2.05, 4.69) is 10.8 Å². The zero-order chi connectivity index (χ0) is 8.85. The summed E-state index contributed by atoms with van der Waals surface area (Å²) in [6.07, 6.45) is 0.715. The maximum atomic E-state index is 10.1. The number of nitrogens with zero attached hydrogens (tertiary/aromatic N) is 3. The third-order valence-electron chi connectivity index (χ3n) is 0.589. The average molecular weight is 160 g/mol. The summed E-state index contributed by atoms with van der Waals surface area (Å²) in [4.78, 5) is 29.6. The molecule has 0 bridgehead atoms. The number of nitrogens with two attached hydrogens (primary N) is 1. The Hall–Kier alpha value is -1.99. The molecule has 60 valence electrons. The van der Waals surface area contributed by atoms with Gasteiger partial charge in [0, 0.05) is 0 Å². The number of nitro groups is 1. The average Bonchev–Trinajstić information content (AvgIpc) is 1.87. The van der Waals surface area contributed by atoms with E-state index in [0.717, 1.165) is 0 Å².